The van der Waals surface area contributed by atoms with E-state index in [9.17, 15) is 9.90 Å². The van der Waals surface area contributed by atoms with Gasteiger partial charge in [0.05, 0.1) is 6.10 Å². The lowest BCUT2D eigenvalue weighted by Crippen LogP contribution is -2.73. The molecule has 0 bridgehead atoms. The first-order chi connectivity index (χ1) is 12.5. The number of hydrogen-bond donors (Lipinski definition) is 1. The van der Waals surface area contributed by atoms with Gasteiger partial charge in [0.15, 0.2) is 0 Å². The van der Waals surface area contributed by atoms with Crippen molar-refractivity contribution >= 4 is 5.91 Å². The summed E-state index contributed by atoms with van der Waals surface area (Å²) in [4.78, 5) is 17.2. The van der Waals surface area contributed by atoms with Gasteiger partial charge in [-0.25, -0.2) is 0 Å². The summed E-state index contributed by atoms with van der Waals surface area (Å²) in [5, 5.41) is 17.8. The fourth-order valence-corrected chi connectivity index (χ4v) is 4.39. The maximum absolute atomic E-state index is 13.3. The lowest BCUT2D eigenvalue weighted by Gasteiger charge is -2.54. The minimum atomic E-state index is -0.779. The summed E-state index contributed by atoms with van der Waals surface area (Å²) in [7, 11) is 0. The number of hydrogen-bond acceptors (Lipinski definition) is 6. The van der Waals surface area contributed by atoms with Gasteiger partial charge in [-0.15, -0.1) is 10.2 Å². The Morgan fingerprint density at radius 3 is 2.77 bits per heavy atom. The lowest BCUT2D eigenvalue weighted by molar-refractivity contribution is -0.173. The van der Waals surface area contributed by atoms with Crippen molar-refractivity contribution in [1.29, 1.82) is 0 Å². The molecule has 4 unspecified atom stereocenters. The number of carbonyl (C=O) groups excluding carboxylic acids is 1. The van der Waals surface area contributed by atoms with E-state index in [1.165, 1.54) is 12.0 Å². The Morgan fingerprint density at radius 2 is 2.15 bits per heavy atom. The smallest absolute Gasteiger partial charge is 0.245 e. The van der Waals surface area contributed by atoms with Crippen LogP contribution in [-0.2, 0) is 11.3 Å². The second kappa shape index (κ2) is 6.48. The van der Waals surface area contributed by atoms with Crippen molar-refractivity contribution in [3.05, 3.63) is 48.2 Å². The molecule has 1 spiro atoms. The Labute approximate surface area is 152 Å². The second-order valence-corrected chi connectivity index (χ2v) is 7.43. The molecule has 1 aromatic carbocycles. The topological polar surface area (TPSA) is 82.7 Å². The number of rotatable bonds is 5. The number of aliphatic hydroxyl groups excluding tert-OH is 1. The van der Waals surface area contributed by atoms with E-state index in [1.54, 1.807) is 11.8 Å². The average molecular weight is 356 g/mol. The highest BCUT2D eigenvalue weighted by Crippen LogP contribution is 2.46. The van der Waals surface area contributed by atoms with Crippen LogP contribution in [0.4, 0.5) is 0 Å². The molecule has 0 radical (unpaired) electrons. The molecular formula is C19H24N4O3. The van der Waals surface area contributed by atoms with E-state index in [0.717, 1.165) is 19.4 Å². The molecule has 2 saturated heterocycles. The van der Waals surface area contributed by atoms with Crippen LogP contribution in [0.25, 0.3) is 0 Å². The predicted molar refractivity (Wildman–Crippen MR) is 93.8 cm³/mol. The number of likely N-dealkylation sites (tertiary alicyclic amines) is 2. The molecule has 7 nitrogen and oxygen atoms in total. The SMILES string of the molecule is CC(O)C(c1nnco1)N1CC2(CCC(C)N2Cc2ccccc2)C1=O. The summed E-state index contributed by atoms with van der Waals surface area (Å²) >= 11 is 0. The van der Waals surface area contributed by atoms with Crippen molar-refractivity contribution < 1.29 is 14.3 Å². The van der Waals surface area contributed by atoms with Gasteiger partial charge < -0.3 is 14.4 Å². The van der Waals surface area contributed by atoms with E-state index in [1.807, 2.05) is 18.2 Å². The lowest BCUT2D eigenvalue weighted by atomic mass is 9.83. The van der Waals surface area contributed by atoms with Gasteiger partial charge in [0.1, 0.15) is 11.6 Å². The Balaban J connectivity index is 1.57. The average Bonchev–Trinajstić information content (AvgIpc) is 3.26. The first-order valence-electron chi connectivity index (χ1n) is 9.09. The van der Waals surface area contributed by atoms with Gasteiger partial charge in [-0.1, -0.05) is 30.3 Å². The number of amides is 1. The van der Waals surface area contributed by atoms with E-state index in [-0.39, 0.29) is 11.8 Å². The number of nitrogens with zero attached hydrogens (tertiary/aromatic N) is 4. The second-order valence-electron chi connectivity index (χ2n) is 7.43. The zero-order chi connectivity index (χ0) is 18.3. The highest BCUT2D eigenvalue weighted by Gasteiger charge is 2.62. The third-order valence-electron chi connectivity index (χ3n) is 5.77. The van der Waals surface area contributed by atoms with E-state index in [0.29, 0.717) is 12.6 Å². The maximum Gasteiger partial charge on any atom is 0.245 e. The Hall–Kier alpha value is -2.25. The minimum absolute atomic E-state index is 0.0434. The minimum Gasteiger partial charge on any atom is -0.426 e. The third kappa shape index (κ3) is 2.62. The number of β-lactam (4-membered cyclic amide) rings is 1. The van der Waals surface area contributed by atoms with Gasteiger partial charge >= 0.3 is 0 Å². The van der Waals surface area contributed by atoms with Crippen LogP contribution in [0.1, 0.15) is 44.2 Å². The first-order valence-corrected chi connectivity index (χ1v) is 9.09. The van der Waals surface area contributed by atoms with Crippen LogP contribution in [0.3, 0.4) is 0 Å². The highest BCUT2D eigenvalue weighted by molar-refractivity contribution is 5.93. The summed E-state index contributed by atoms with van der Waals surface area (Å²) in [6.45, 7) is 5.15. The Kier molecular flexibility index (Phi) is 4.28. The molecule has 0 saturated carbocycles. The highest BCUT2D eigenvalue weighted by atomic mass is 16.4. The van der Waals surface area contributed by atoms with Gasteiger partial charge in [0.2, 0.25) is 18.2 Å². The van der Waals surface area contributed by atoms with E-state index >= 15 is 0 Å². The molecule has 26 heavy (non-hydrogen) atoms. The maximum atomic E-state index is 13.3. The van der Waals surface area contributed by atoms with Gasteiger partial charge in [0.25, 0.3) is 0 Å². The van der Waals surface area contributed by atoms with Crippen molar-refractivity contribution in [1.82, 2.24) is 20.0 Å². The molecule has 138 valence electrons. The summed E-state index contributed by atoms with van der Waals surface area (Å²) < 4.78 is 5.27. The van der Waals surface area contributed by atoms with Crippen LogP contribution in [-0.4, -0.2) is 55.2 Å². The molecule has 7 heteroatoms. The summed E-state index contributed by atoms with van der Waals surface area (Å²) in [6.07, 6.45) is 2.28. The molecule has 1 amide bonds. The molecule has 1 N–H and O–H groups in total. The van der Waals surface area contributed by atoms with Gasteiger partial charge in [-0.2, -0.15) is 0 Å². The molecule has 0 aliphatic carbocycles. The van der Waals surface area contributed by atoms with E-state index in [2.05, 4.69) is 34.2 Å². The Morgan fingerprint density at radius 1 is 1.38 bits per heavy atom. The number of aliphatic hydroxyl groups is 1. The molecule has 4 atom stereocenters. The number of aromatic nitrogens is 2. The zero-order valence-electron chi connectivity index (χ0n) is 15.1. The van der Waals surface area contributed by atoms with Crippen LogP contribution < -0.4 is 0 Å². The first kappa shape index (κ1) is 17.2. The largest absolute Gasteiger partial charge is 0.426 e. The fraction of sp³-hybridized carbons (Fsp3) is 0.526. The molecule has 1 aromatic heterocycles. The molecule has 2 aliphatic rings. The van der Waals surface area contributed by atoms with Crippen LogP contribution in [0.5, 0.6) is 0 Å². The fourth-order valence-electron chi connectivity index (χ4n) is 4.39. The van der Waals surface area contributed by atoms with Crippen LogP contribution in [0.15, 0.2) is 41.1 Å². The van der Waals surface area contributed by atoms with Crippen molar-refractivity contribution in [2.75, 3.05) is 6.54 Å². The van der Waals surface area contributed by atoms with Gasteiger partial charge in [-0.3, -0.25) is 9.69 Å². The van der Waals surface area contributed by atoms with Crippen LogP contribution in [0.2, 0.25) is 0 Å². The van der Waals surface area contributed by atoms with Crippen LogP contribution in [0, 0.1) is 0 Å². The predicted octanol–water partition coefficient (Wildman–Crippen LogP) is 1.76. The zero-order valence-corrected chi connectivity index (χ0v) is 15.1. The Bertz CT molecular complexity index is 764. The van der Waals surface area contributed by atoms with Crippen LogP contribution >= 0.6 is 0 Å². The quantitative estimate of drug-likeness (QED) is 0.822. The molecule has 2 fully saturated rings. The van der Waals surface area contributed by atoms with Crippen molar-refractivity contribution in [3.8, 4) is 0 Å². The summed E-state index contributed by atoms with van der Waals surface area (Å²) in [6, 6.07) is 9.99. The van der Waals surface area contributed by atoms with E-state index < -0.39 is 17.7 Å². The summed E-state index contributed by atoms with van der Waals surface area (Å²) in [5.41, 5.74) is 0.721. The van der Waals surface area contributed by atoms with Crippen molar-refractivity contribution in [2.24, 2.45) is 0 Å². The standard InChI is InChI=1S/C19H24N4O3/c1-13-8-9-19(23(13)10-15-6-4-3-5-7-15)11-22(18(19)25)16(14(2)24)17-21-20-12-26-17/h3-7,12-14,16,24H,8-11H2,1-2H3. The monoisotopic (exact) mass is 356 g/mol. The normalized spacial score (nSPS) is 28.3. The molecule has 2 aliphatic heterocycles. The van der Waals surface area contributed by atoms with Gasteiger partial charge in [0, 0.05) is 19.1 Å². The molecule has 4 rings (SSSR count). The molecule has 3 heterocycles. The number of carbonyl (C=O) groups is 1. The molecule has 2 aromatic rings. The number of benzene rings is 1. The molecular weight excluding hydrogens is 332 g/mol. The summed E-state index contributed by atoms with van der Waals surface area (Å²) in [5.74, 6) is 0.325. The third-order valence-corrected chi connectivity index (χ3v) is 5.77. The van der Waals surface area contributed by atoms with Crippen molar-refractivity contribution in [3.63, 3.8) is 0 Å². The van der Waals surface area contributed by atoms with Crippen molar-refractivity contribution in [2.45, 2.75) is 57.0 Å². The van der Waals surface area contributed by atoms with Gasteiger partial charge in [-0.05, 0) is 32.3 Å². The van der Waals surface area contributed by atoms with E-state index in [4.69, 9.17) is 4.42 Å².